The fourth-order valence-corrected chi connectivity index (χ4v) is 5.15. The molecular weight excluding hydrogens is 457 g/mol. The first-order valence-corrected chi connectivity index (χ1v) is 12.1. The van der Waals surface area contributed by atoms with Crippen LogP contribution in [0.3, 0.4) is 0 Å². The number of halogens is 2. The maximum atomic E-state index is 13.5. The molecule has 3 heterocycles. The van der Waals surface area contributed by atoms with Crippen LogP contribution in [0.2, 0.25) is 5.02 Å². The first kappa shape index (κ1) is 23.1. The van der Waals surface area contributed by atoms with Gasteiger partial charge in [0, 0.05) is 36.8 Å². The highest BCUT2D eigenvalue weighted by Crippen LogP contribution is 2.35. The summed E-state index contributed by atoms with van der Waals surface area (Å²) in [7, 11) is 1.62. The number of ether oxygens (including phenoxy) is 2. The smallest absolute Gasteiger partial charge is 0.162 e. The van der Waals surface area contributed by atoms with Gasteiger partial charge in [0.25, 0.3) is 0 Å². The first-order valence-electron chi connectivity index (χ1n) is 11.7. The molecule has 2 saturated heterocycles. The molecule has 2 atom stereocenters. The number of benzene rings is 2. The largest absolute Gasteiger partial charge is 0.493 e. The van der Waals surface area contributed by atoms with Crippen LogP contribution in [-0.4, -0.2) is 61.3 Å². The molecule has 0 aliphatic carbocycles. The molecule has 2 fully saturated rings. The number of nitrogens with zero attached hydrogens (tertiary/aromatic N) is 3. The molecule has 180 valence electrons. The third-order valence-electron chi connectivity index (χ3n) is 6.73. The number of aromatic nitrogens is 2. The Labute approximate surface area is 203 Å². The number of hydrogen-bond donors (Lipinski definition) is 2. The van der Waals surface area contributed by atoms with Crippen LogP contribution in [0.1, 0.15) is 12.8 Å². The van der Waals surface area contributed by atoms with Crippen molar-refractivity contribution in [3.05, 3.63) is 47.5 Å². The van der Waals surface area contributed by atoms with Gasteiger partial charge in [0.1, 0.15) is 18.0 Å². The minimum atomic E-state index is -0.468. The third kappa shape index (κ3) is 5.04. The summed E-state index contributed by atoms with van der Waals surface area (Å²) in [5, 5.41) is 7.53. The highest BCUT2D eigenvalue weighted by Gasteiger charge is 2.33. The van der Waals surface area contributed by atoms with Crippen LogP contribution in [-0.2, 0) is 0 Å². The van der Waals surface area contributed by atoms with Crippen LogP contribution in [0, 0.1) is 17.7 Å². The van der Waals surface area contributed by atoms with E-state index in [4.69, 9.17) is 21.1 Å². The summed E-state index contributed by atoms with van der Waals surface area (Å²) in [6.07, 6.45) is 3.70. The second kappa shape index (κ2) is 10.3. The highest BCUT2D eigenvalue weighted by atomic mass is 35.5. The molecule has 1 aromatic heterocycles. The average molecular weight is 486 g/mol. The van der Waals surface area contributed by atoms with Gasteiger partial charge >= 0.3 is 0 Å². The van der Waals surface area contributed by atoms with Crippen LogP contribution in [0.15, 0.2) is 36.7 Å². The van der Waals surface area contributed by atoms with Gasteiger partial charge in [-0.25, -0.2) is 14.4 Å². The average Bonchev–Trinajstić information content (AvgIpc) is 3.27. The van der Waals surface area contributed by atoms with Gasteiger partial charge in [-0.2, -0.15) is 0 Å². The molecule has 9 heteroatoms. The fourth-order valence-electron chi connectivity index (χ4n) is 4.97. The Kier molecular flexibility index (Phi) is 6.99. The zero-order valence-corrected chi connectivity index (χ0v) is 19.9. The second-order valence-corrected chi connectivity index (χ2v) is 9.38. The van der Waals surface area contributed by atoms with Crippen LogP contribution in [0.5, 0.6) is 11.5 Å². The third-order valence-corrected chi connectivity index (χ3v) is 7.02. The topological polar surface area (TPSA) is 71.5 Å². The standard InChI is InChI=1S/C25H29ClFN5O2/c1-33-23-11-22-19(25(30-15-29-22)31-18-3-4-21(27)20(26)9-18)10-24(23)34-8-2-7-32-13-16-5-6-28-12-17(16)14-32/h3-4,9-11,15-17,28H,2,5-8,12-14H2,1H3,(H,29,30,31). The molecule has 0 radical (unpaired) electrons. The molecule has 2 N–H and O–H groups in total. The zero-order valence-electron chi connectivity index (χ0n) is 19.2. The zero-order chi connectivity index (χ0) is 23.5. The molecule has 34 heavy (non-hydrogen) atoms. The maximum Gasteiger partial charge on any atom is 0.162 e. The van der Waals surface area contributed by atoms with E-state index in [1.54, 1.807) is 13.2 Å². The van der Waals surface area contributed by atoms with E-state index in [-0.39, 0.29) is 5.02 Å². The van der Waals surface area contributed by atoms with Crippen molar-refractivity contribution in [3.63, 3.8) is 0 Å². The van der Waals surface area contributed by atoms with E-state index in [1.807, 2.05) is 12.1 Å². The molecule has 0 bridgehead atoms. The summed E-state index contributed by atoms with van der Waals surface area (Å²) >= 11 is 5.93. The Morgan fingerprint density at radius 1 is 1.18 bits per heavy atom. The van der Waals surface area contributed by atoms with Crippen molar-refractivity contribution in [2.24, 2.45) is 11.8 Å². The lowest BCUT2D eigenvalue weighted by Gasteiger charge is -2.24. The van der Waals surface area contributed by atoms with Crippen molar-refractivity contribution in [3.8, 4) is 11.5 Å². The van der Waals surface area contributed by atoms with Crippen LogP contribution in [0.4, 0.5) is 15.9 Å². The predicted molar refractivity (Wildman–Crippen MR) is 132 cm³/mol. The lowest BCUT2D eigenvalue weighted by molar-refractivity contribution is 0.249. The van der Waals surface area contributed by atoms with Gasteiger partial charge in [0.15, 0.2) is 11.5 Å². The van der Waals surface area contributed by atoms with Crippen molar-refractivity contribution >= 4 is 34.0 Å². The van der Waals surface area contributed by atoms with E-state index in [0.717, 1.165) is 43.3 Å². The van der Waals surface area contributed by atoms with E-state index in [0.29, 0.717) is 35.1 Å². The Hall–Kier alpha value is -2.68. The van der Waals surface area contributed by atoms with Crippen molar-refractivity contribution in [1.82, 2.24) is 20.2 Å². The first-order chi connectivity index (χ1) is 16.6. The normalized spacial score (nSPS) is 20.3. The Bertz CT molecular complexity index is 1150. The van der Waals surface area contributed by atoms with Gasteiger partial charge in [0.05, 0.1) is 24.3 Å². The number of hydrogen-bond acceptors (Lipinski definition) is 7. The Morgan fingerprint density at radius 2 is 2.06 bits per heavy atom. The van der Waals surface area contributed by atoms with Crippen molar-refractivity contribution in [2.75, 3.05) is 51.8 Å². The van der Waals surface area contributed by atoms with Gasteiger partial charge in [-0.1, -0.05) is 11.6 Å². The van der Waals surface area contributed by atoms with E-state index in [9.17, 15) is 4.39 Å². The lowest BCUT2D eigenvalue weighted by atomic mass is 9.90. The number of rotatable bonds is 8. The van der Waals surface area contributed by atoms with Gasteiger partial charge in [0.2, 0.25) is 0 Å². The second-order valence-electron chi connectivity index (χ2n) is 8.97. The number of anilines is 2. The highest BCUT2D eigenvalue weighted by molar-refractivity contribution is 6.31. The van der Waals surface area contributed by atoms with Gasteiger partial charge < -0.3 is 25.0 Å². The maximum absolute atomic E-state index is 13.5. The van der Waals surface area contributed by atoms with Gasteiger partial charge in [-0.3, -0.25) is 0 Å². The Morgan fingerprint density at radius 3 is 2.88 bits per heavy atom. The summed E-state index contributed by atoms with van der Waals surface area (Å²) in [4.78, 5) is 11.3. The number of nitrogens with one attached hydrogen (secondary N) is 2. The van der Waals surface area contributed by atoms with Crippen LogP contribution in [0.25, 0.3) is 10.9 Å². The van der Waals surface area contributed by atoms with Crippen LogP contribution < -0.4 is 20.1 Å². The van der Waals surface area contributed by atoms with Crippen LogP contribution >= 0.6 is 11.6 Å². The molecule has 0 spiro atoms. The minimum Gasteiger partial charge on any atom is -0.493 e. The van der Waals surface area contributed by atoms with Gasteiger partial charge in [-0.05, 0) is 62.0 Å². The number of piperidine rings is 1. The SMILES string of the molecule is COc1cc2ncnc(Nc3ccc(F)c(Cl)c3)c2cc1OCCCN1CC2CCNCC2C1. The molecule has 2 aliphatic heterocycles. The number of likely N-dealkylation sites (tertiary alicyclic amines) is 1. The Balaban J connectivity index is 1.27. The fraction of sp³-hybridized carbons (Fsp3) is 0.440. The lowest BCUT2D eigenvalue weighted by Crippen LogP contribution is -2.35. The summed E-state index contributed by atoms with van der Waals surface area (Å²) in [5.41, 5.74) is 1.34. The molecule has 2 aromatic carbocycles. The predicted octanol–water partition coefficient (Wildman–Crippen LogP) is 4.48. The summed E-state index contributed by atoms with van der Waals surface area (Å²) in [6, 6.07) is 8.18. The summed E-state index contributed by atoms with van der Waals surface area (Å²) in [6.45, 7) is 6.30. The quantitative estimate of drug-likeness (QED) is 0.456. The molecule has 0 saturated carbocycles. The van der Waals surface area contributed by atoms with E-state index in [1.165, 1.54) is 38.0 Å². The monoisotopic (exact) mass is 485 g/mol. The molecule has 3 aromatic rings. The summed E-state index contributed by atoms with van der Waals surface area (Å²) in [5.74, 6) is 3.00. The molecule has 2 unspecified atom stereocenters. The summed E-state index contributed by atoms with van der Waals surface area (Å²) < 4.78 is 25.2. The van der Waals surface area contributed by atoms with E-state index < -0.39 is 5.82 Å². The van der Waals surface area contributed by atoms with Crippen molar-refractivity contribution in [1.29, 1.82) is 0 Å². The number of fused-ring (bicyclic) bond motifs is 2. The van der Waals surface area contributed by atoms with E-state index in [2.05, 4.69) is 25.5 Å². The van der Waals surface area contributed by atoms with E-state index >= 15 is 0 Å². The molecule has 2 aliphatic rings. The van der Waals surface area contributed by atoms with Crippen molar-refractivity contribution < 1.29 is 13.9 Å². The molecule has 0 amide bonds. The van der Waals surface area contributed by atoms with Crippen molar-refractivity contribution in [2.45, 2.75) is 12.8 Å². The molecule has 5 rings (SSSR count). The molecular formula is C25H29ClFN5O2. The molecule has 7 nitrogen and oxygen atoms in total. The minimum absolute atomic E-state index is 0.0440. The van der Waals surface area contributed by atoms with Gasteiger partial charge in [-0.15, -0.1) is 0 Å². The number of methoxy groups -OCH3 is 1.